The second-order valence-electron chi connectivity index (χ2n) is 4.75. The Bertz CT molecular complexity index is 652. The molecule has 4 heteroatoms. The molecule has 0 radical (unpaired) electrons. The maximum Gasteiger partial charge on any atom is 0.164 e. The van der Waals surface area contributed by atoms with Gasteiger partial charge < -0.3 is 0 Å². The van der Waals surface area contributed by atoms with Gasteiger partial charge in [0.2, 0.25) is 0 Å². The smallest absolute Gasteiger partial charge is 0.164 e. The third kappa shape index (κ3) is 3.05. The van der Waals surface area contributed by atoms with Gasteiger partial charge >= 0.3 is 0 Å². The lowest BCUT2D eigenvalue weighted by Gasteiger charge is -2.06. The molecule has 0 fully saturated rings. The average Bonchev–Trinajstić information content (AvgIpc) is 2.80. The molecule has 3 rings (SSSR count). The van der Waals surface area contributed by atoms with Crippen molar-refractivity contribution in [2.75, 3.05) is 0 Å². The molecule has 2 aromatic carbocycles. The minimum absolute atomic E-state index is 0.177. The minimum Gasteiger partial charge on any atom is -0.294 e. The van der Waals surface area contributed by atoms with Gasteiger partial charge in [0.15, 0.2) is 5.78 Å². The van der Waals surface area contributed by atoms with Crippen molar-refractivity contribution in [1.29, 1.82) is 0 Å². The van der Waals surface area contributed by atoms with Crippen LogP contribution in [0.3, 0.4) is 0 Å². The molecule has 20 heavy (non-hydrogen) atoms. The standard InChI is InChI=1S/C16H13ClOS2/c1-10-2-7-14-15(8-10)20-16(19-14)9-13(18)11-3-5-12(17)6-4-11/h2-8,16H,9H2,1H3/t16-/m0/s1. The third-order valence-electron chi connectivity index (χ3n) is 3.13. The van der Waals surface area contributed by atoms with Crippen LogP contribution in [0.2, 0.25) is 5.02 Å². The van der Waals surface area contributed by atoms with E-state index in [9.17, 15) is 4.79 Å². The van der Waals surface area contributed by atoms with Crippen molar-refractivity contribution in [3.05, 3.63) is 58.6 Å². The van der Waals surface area contributed by atoms with E-state index >= 15 is 0 Å². The maximum atomic E-state index is 12.3. The number of benzene rings is 2. The van der Waals surface area contributed by atoms with E-state index in [1.807, 2.05) is 0 Å². The Balaban J connectivity index is 1.68. The Morgan fingerprint density at radius 2 is 1.80 bits per heavy atom. The molecule has 2 aromatic rings. The van der Waals surface area contributed by atoms with Gasteiger partial charge in [0, 0.05) is 26.8 Å². The predicted octanol–water partition coefficient (Wildman–Crippen LogP) is 5.45. The van der Waals surface area contributed by atoms with Crippen LogP contribution < -0.4 is 0 Å². The predicted molar refractivity (Wildman–Crippen MR) is 87.1 cm³/mol. The number of fused-ring (bicyclic) bond motifs is 1. The molecule has 0 saturated carbocycles. The number of carbonyl (C=O) groups is 1. The minimum atomic E-state index is 0.177. The molecule has 0 unspecified atom stereocenters. The van der Waals surface area contributed by atoms with E-state index in [1.54, 1.807) is 47.8 Å². The van der Waals surface area contributed by atoms with E-state index in [2.05, 4.69) is 25.1 Å². The number of rotatable bonds is 3. The monoisotopic (exact) mass is 320 g/mol. The van der Waals surface area contributed by atoms with Gasteiger partial charge in [0.1, 0.15) is 0 Å². The van der Waals surface area contributed by atoms with Gasteiger partial charge in [-0.25, -0.2) is 0 Å². The largest absolute Gasteiger partial charge is 0.294 e. The summed E-state index contributed by atoms with van der Waals surface area (Å²) in [6.07, 6.45) is 0.546. The molecule has 1 aliphatic rings. The van der Waals surface area contributed by atoms with Crippen molar-refractivity contribution in [2.24, 2.45) is 0 Å². The van der Waals surface area contributed by atoms with Crippen LogP contribution in [0.5, 0.6) is 0 Å². The highest BCUT2D eigenvalue weighted by Crippen LogP contribution is 2.49. The molecule has 0 amide bonds. The second kappa shape index (κ2) is 5.84. The fourth-order valence-corrected chi connectivity index (χ4v) is 5.13. The van der Waals surface area contributed by atoms with Gasteiger partial charge in [-0.3, -0.25) is 4.79 Å². The average molecular weight is 321 g/mol. The zero-order valence-corrected chi connectivity index (χ0v) is 13.3. The van der Waals surface area contributed by atoms with Gasteiger partial charge in [-0.05, 0) is 48.9 Å². The summed E-state index contributed by atoms with van der Waals surface area (Å²) in [6, 6.07) is 13.6. The number of Topliss-reactive ketones (excluding diaryl/α,β-unsaturated/α-hetero) is 1. The van der Waals surface area contributed by atoms with Crippen molar-refractivity contribution in [3.63, 3.8) is 0 Å². The van der Waals surface area contributed by atoms with Crippen molar-refractivity contribution >= 4 is 40.9 Å². The summed E-state index contributed by atoms with van der Waals surface area (Å²) < 4.78 is 0.273. The first-order valence-electron chi connectivity index (χ1n) is 6.34. The van der Waals surface area contributed by atoms with E-state index in [-0.39, 0.29) is 10.4 Å². The Morgan fingerprint density at radius 3 is 2.55 bits per heavy atom. The lowest BCUT2D eigenvalue weighted by Crippen LogP contribution is -2.05. The van der Waals surface area contributed by atoms with Crippen molar-refractivity contribution in [1.82, 2.24) is 0 Å². The van der Waals surface area contributed by atoms with Crippen LogP contribution in [-0.2, 0) is 0 Å². The normalized spacial score (nSPS) is 17.0. The molecule has 1 aliphatic heterocycles. The summed E-state index contributed by atoms with van der Waals surface area (Å²) in [5.41, 5.74) is 2.00. The number of carbonyl (C=O) groups excluding carboxylic acids is 1. The van der Waals surface area contributed by atoms with Gasteiger partial charge in [-0.1, -0.05) is 17.7 Å². The molecular weight excluding hydrogens is 308 g/mol. The van der Waals surface area contributed by atoms with Crippen molar-refractivity contribution in [3.8, 4) is 0 Å². The summed E-state index contributed by atoms with van der Waals surface area (Å²) in [7, 11) is 0. The first-order chi connectivity index (χ1) is 9.61. The zero-order chi connectivity index (χ0) is 14.1. The van der Waals surface area contributed by atoms with Crippen LogP contribution in [-0.4, -0.2) is 10.4 Å². The molecule has 0 aliphatic carbocycles. The molecule has 0 N–H and O–H groups in total. The highest BCUT2D eigenvalue weighted by Gasteiger charge is 2.25. The first-order valence-corrected chi connectivity index (χ1v) is 8.48. The van der Waals surface area contributed by atoms with Gasteiger partial charge in [-0.15, -0.1) is 23.5 Å². The number of aryl methyl sites for hydroxylation is 1. The Morgan fingerprint density at radius 1 is 1.10 bits per heavy atom. The summed E-state index contributed by atoms with van der Waals surface area (Å²) in [6.45, 7) is 2.09. The number of hydrogen-bond acceptors (Lipinski definition) is 3. The Kier molecular flexibility index (Phi) is 4.11. The van der Waals surface area contributed by atoms with Gasteiger partial charge in [-0.2, -0.15) is 0 Å². The number of ketones is 1. The van der Waals surface area contributed by atoms with Crippen LogP contribution in [0.15, 0.2) is 52.3 Å². The molecule has 102 valence electrons. The number of thioether (sulfide) groups is 2. The molecule has 0 bridgehead atoms. The molecule has 0 saturated heterocycles. The van der Waals surface area contributed by atoms with E-state index in [0.29, 0.717) is 11.4 Å². The highest BCUT2D eigenvalue weighted by atomic mass is 35.5. The first kappa shape index (κ1) is 14.1. The van der Waals surface area contributed by atoms with Crippen LogP contribution in [0, 0.1) is 6.92 Å². The lowest BCUT2D eigenvalue weighted by molar-refractivity contribution is 0.0987. The summed E-state index contributed by atoms with van der Waals surface area (Å²) in [5, 5.41) is 0.661. The van der Waals surface area contributed by atoms with E-state index < -0.39 is 0 Å². The molecule has 1 nitrogen and oxygen atoms in total. The third-order valence-corrected chi connectivity index (χ3v) is 6.15. The van der Waals surface area contributed by atoms with Crippen LogP contribution in [0.25, 0.3) is 0 Å². The molecule has 1 atom stereocenters. The number of hydrogen-bond donors (Lipinski definition) is 0. The second-order valence-corrected chi connectivity index (χ2v) is 7.97. The highest BCUT2D eigenvalue weighted by molar-refractivity contribution is 8.19. The molecule has 0 spiro atoms. The van der Waals surface area contributed by atoms with E-state index in [1.165, 1.54) is 15.4 Å². The maximum absolute atomic E-state index is 12.3. The topological polar surface area (TPSA) is 17.1 Å². The summed E-state index contributed by atoms with van der Waals surface area (Å²) in [5.74, 6) is 0.177. The quantitative estimate of drug-likeness (QED) is 0.700. The molecular formula is C16H13ClOS2. The van der Waals surface area contributed by atoms with E-state index in [0.717, 1.165) is 5.56 Å². The fourth-order valence-electron chi connectivity index (χ4n) is 2.10. The van der Waals surface area contributed by atoms with Crippen LogP contribution in [0.4, 0.5) is 0 Å². The zero-order valence-electron chi connectivity index (χ0n) is 10.9. The summed E-state index contributed by atoms with van der Waals surface area (Å²) >= 11 is 9.42. The van der Waals surface area contributed by atoms with Gasteiger partial charge in [0.05, 0.1) is 4.58 Å². The van der Waals surface area contributed by atoms with Crippen LogP contribution in [0.1, 0.15) is 22.3 Å². The summed E-state index contributed by atoms with van der Waals surface area (Å²) in [4.78, 5) is 14.8. The Labute approximate surface area is 132 Å². The molecule has 1 heterocycles. The van der Waals surface area contributed by atoms with Crippen molar-refractivity contribution < 1.29 is 4.79 Å². The van der Waals surface area contributed by atoms with Gasteiger partial charge in [0.25, 0.3) is 0 Å². The lowest BCUT2D eigenvalue weighted by atomic mass is 10.1. The van der Waals surface area contributed by atoms with E-state index in [4.69, 9.17) is 11.6 Å². The molecule has 0 aromatic heterocycles. The fraction of sp³-hybridized carbons (Fsp3) is 0.188. The Hall–Kier alpha value is -0.900. The van der Waals surface area contributed by atoms with Crippen molar-refractivity contribution in [2.45, 2.75) is 27.7 Å². The number of halogens is 1. The SMILES string of the molecule is Cc1ccc2c(c1)S[C@@H](CC(=O)c1ccc(Cl)cc1)S2. The van der Waals surface area contributed by atoms with Crippen LogP contribution >= 0.6 is 35.1 Å².